The maximum absolute atomic E-state index is 11.9. The Morgan fingerprint density at radius 2 is 2.09 bits per heavy atom. The number of benzene rings is 1. The van der Waals surface area contributed by atoms with E-state index in [-0.39, 0.29) is 5.91 Å². The maximum Gasteiger partial charge on any atom is 0.252 e. The number of imidazole rings is 1. The number of carbonyl (C=O) groups is 1. The summed E-state index contributed by atoms with van der Waals surface area (Å²) in [5, 5.41) is 3.24. The molecule has 0 saturated carbocycles. The van der Waals surface area contributed by atoms with Gasteiger partial charge in [0.2, 0.25) is 0 Å². The van der Waals surface area contributed by atoms with Crippen molar-refractivity contribution in [1.82, 2.24) is 20.3 Å². The summed E-state index contributed by atoms with van der Waals surface area (Å²) < 4.78 is 0. The molecule has 2 N–H and O–H groups in total. The Kier molecular flexibility index (Phi) is 4.34. The SMILES string of the molecule is O=C(NCCCc1nc2ccccc2[nH]1)c1ccc(Cl)nc1. The van der Waals surface area contributed by atoms with E-state index < -0.39 is 0 Å². The number of hydrogen-bond donors (Lipinski definition) is 2. The van der Waals surface area contributed by atoms with E-state index in [1.807, 2.05) is 24.3 Å². The maximum atomic E-state index is 11.9. The van der Waals surface area contributed by atoms with Crippen LogP contribution in [0.4, 0.5) is 0 Å². The predicted octanol–water partition coefficient (Wildman–Crippen LogP) is 2.97. The molecule has 0 radical (unpaired) electrons. The second-order valence-corrected chi connectivity index (χ2v) is 5.32. The minimum atomic E-state index is -0.145. The summed E-state index contributed by atoms with van der Waals surface area (Å²) in [6, 6.07) is 11.2. The Morgan fingerprint density at radius 1 is 1.23 bits per heavy atom. The number of amides is 1. The molecule has 1 aromatic carbocycles. The Labute approximate surface area is 132 Å². The van der Waals surface area contributed by atoms with E-state index in [4.69, 9.17) is 11.6 Å². The molecule has 3 aromatic rings. The summed E-state index contributed by atoms with van der Waals surface area (Å²) in [4.78, 5) is 23.6. The van der Waals surface area contributed by atoms with E-state index in [0.717, 1.165) is 29.7 Å². The Bertz CT molecular complexity index is 749. The minimum Gasteiger partial charge on any atom is -0.352 e. The van der Waals surface area contributed by atoms with Crippen molar-refractivity contribution in [2.45, 2.75) is 12.8 Å². The minimum absolute atomic E-state index is 0.145. The third-order valence-corrected chi connectivity index (χ3v) is 3.53. The summed E-state index contributed by atoms with van der Waals surface area (Å²) in [5.74, 6) is 0.789. The third-order valence-electron chi connectivity index (χ3n) is 3.30. The number of nitrogens with one attached hydrogen (secondary N) is 2. The van der Waals surface area contributed by atoms with Crippen LogP contribution in [0.15, 0.2) is 42.6 Å². The lowest BCUT2D eigenvalue weighted by Gasteiger charge is -2.04. The lowest BCUT2D eigenvalue weighted by Crippen LogP contribution is -2.24. The average molecular weight is 315 g/mol. The molecule has 22 heavy (non-hydrogen) atoms. The first-order valence-electron chi connectivity index (χ1n) is 7.06. The molecule has 2 heterocycles. The van der Waals surface area contributed by atoms with Gasteiger partial charge in [-0.15, -0.1) is 0 Å². The van der Waals surface area contributed by atoms with E-state index >= 15 is 0 Å². The van der Waals surface area contributed by atoms with E-state index in [9.17, 15) is 4.79 Å². The molecule has 0 saturated heterocycles. The second kappa shape index (κ2) is 6.58. The van der Waals surface area contributed by atoms with Gasteiger partial charge in [-0.2, -0.15) is 0 Å². The summed E-state index contributed by atoms with van der Waals surface area (Å²) in [5.41, 5.74) is 2.51. The zero-order chi connectivity index (χ0) is 15.4. The summed E-state index contributed by atoms with van der Waals surface area (Å²) in [6.07, 6.45) is 3.07. The number of aromatic amines is 1. The van der Waals surface area contributed by atoms with Crippen LogP contribution in [0.25, 0.3) is 11.0 Å². The third kappa shape index (κ3) is 3.43. The topological polar surface area (TPSA) is 70.7 Å². The molecule has 6 heteroatoms. The molecule has 0 unspecified atom stereocenters. The zero-order valence-electron chi connectivity index (χ0n) is 11.8. The number of rotatable bonds is 5. The summed E-state index contributed by atoms with van der Waals surface area (Å²) in [7, 11) is 0. The lowest BCUT2D eigenvalue weighted by atomic mass is 10.2. The van der Waals surface area contributed by atoms with Gasteiger partial charge < -0.3 is 10.3 Å². The first-order chi connectivity index (χ1) is 10.7. The number of hydrogen-bond acceptors (Lipinski definition) is 3. The van der Waals surface area contributed by atoms with E-state index in [2.05, 4.69) is 20.3 Å². The number of carbonyl (C=O) groups excluding carboxylic acids is 1. The van der Waals surface area contributed by atoms with Gasteiger partial charge in [0.1, 0.15) is 11.0 Å². The second-order valence-electron chi connectivity index (χ2n) is 4.93. The largest absolute Gasteiger partial charge is 0.352 e. The molecule has 1 amide bonds. The first kappa shape index (κ1) is 14.5. The van der Waals surface area contributed by atoms with Crippen molar-refractivity contribution in [2.24, 2.45) is 0 Å². The monoisotopic (exact) mass is 314 g/mol. The molecule has 0 aliphatic carbocycles. The Balaban J connectivity index is 1.49. The van der Waals surface area contributed by atoms with Gasteiger partial charge in [0, 0.05) is 19.2 Å². The van der Waals surface area contributed by atoms with Gasteiger partial charge in [-0.05, 0) is 30.7 Å². The molecule has 0 spiro atoms. The zero-order valence-corrected chi connectivity index (χ0v) is 12.6. The standard InChI is InChI=1S/C16H15ClN4O/c17-14-8-7-11(10-19-14)16(22)18-9-3-6-15-20-12-4-1-2-5-13(12)21-15/h1-2,4-5,7-8,10H,3,6,9H2,(H,18,22)(H,20,21). The molecular formula is C16H15ClN4O. The molecule has 0 bridgehead atoms. The van der Waals surface area contributed by atoms with Crippen molar-refractivity contribution in [1.29, 1.82) is 0 Å². The lowest BCUT2D eigenvalue weighted by molar-refractivity contribution is 0.0953. The van der Waals surface area contributed by atoms with E-state index in [1.54, 1.807) is 12.1 Å². The van der Waals surface area contributed by atoms with Crippen molar-refractivity contribution in [2.75, 3.05) is 6.54 Å². The number of H-pyrrole nitrogens is 1. The van der Waals surface area contributed by atoms with Gasteiger partial charge in [0.15, 0.2) is 0 Å². The number of para-hydroxylation sites is 2. The van der Waals surface area contributed by atoms with Crippen molar-refractivity contribution in [3.8, 4) is 0 Å². The number of aryl methyl sites for hydroxylation is 1. The fourth-order valence-electron chi connectivity index (χ4n) is 2.19. The van der Waals surface area contributed by atoms with E-state index in [1.165, 1.54) is 6.20 Å². The highest BCUT2D eigenvalue weighted by atomic mass is 35.5. The number of halogens is 1. The van der Waals surface area contributed by atoms with Crippen molar-refractivity contribution >= 4 is 28.5 Å². The summed E-state index contributed by atoms with van der Waals surface area (Å²) >= 11 is 5.69. The van der Waals surface area contributed by atoms with Crippen molar-refractivity contribution in [3.05, 3.63) is 59.1 Å². The first-order valence-corrected chi connectivity index (χ1v) is 7.43. The number of nitrogens with zero attached hydrogens (tertiary/aromatic N) is 2. The molecule has 0 aliphatic rings. The van der Waals surface area contributed by atoms with Crippen LogP contribution in [-0.2, 0) is 6.42 Å². The van der Waals surface area contributed by atoms with Gasteiger partial charge >= 0.3 is 0 Å². The molecule has 3 rings (SSSR count). The number of pyridine rings is 1. The van der Waals surface area contributed by atoms with Crippen LogP contribution in [0, 0.1) is 0 Å². The molecule has 0 atom stereocenters. The van der Waals surface area contributed by atoms with Gasteiger partial charge in [0.25, 0.3) is 5.91 Å². The fraction of sp³-hybridized carbons (Fsp3) is 0.188. The fourth-order valence-corrected chi connectivity index (χ4v) is 2.31. The molecule has 0 aliphatic heterocycles. The average Bonchev–Trinajstić information content (AvgIpc) is 2.95. The Morgan fingerprint density at radius 3 is 2.86 bits per heavy atom. The van der Waals surface area contributed by atoms with Crippen molar-refractivity contribution < 1.29 is 4.79 Å². The Hall–Kier alpha value is -2.40. The van der Waals surface area contributed by atoms with Crippen LogP contribution in [0.1, 0.15) is 22.6 Å². The van der Waals surface area contributed by atoms with Crippen LogP contribution in [0.3, 0.4) is 0 Å². The van der Waals surface area contributed by atoms with Gasteiger partial charge in [-0.1, -0.05) is 23.7 Å². The van der Waals surface area contributed by atoms with Crippen LogP contribution in [-0.4, -0.2) is 27.4 Å². The number of aromatic nitrogens is 3. The quantitative estimate of drug-likeness (QED) is 0.562. The van der Waals surface area contributed by atoms with E-state index in [0.29, 0.717) is 17.3 Å². The highest BCUT2D eigenvalue weighted by molar-refractivity contribution is 6.29. The van der Waals surface area contributed by atoms with Crippen molar-refractivity contribution in [3.63, 3.8) is 0 Å². The molecular weight excluding hydrogens is 300 g/mol. The molecule has 2 aromatic heterocycles. The van der Waals surface area contributed by atoms with Gasteiger partial charge in [-0.25, -0.2) is 9.97 Å². The normalized spacial score (nSPS) is 10.8. The van der Waals surface area contributed by atoms with Gasteiger partial charge in [-0.3, -0.25) is 4.79 Å². The highest BCUT2D eigenvalue weighted by Gasteiger charge is 2.06. The predicted molar refractivity (Wildman–Crippen MR) is 86.0 cm³/mol. The number of fused-ring (bicyclic) bond motifs is 1. The molecule has 5 nitrogen and oxygen atoms in total. The molecule has 0 fully saturated rings. The van der Waals surface area contributed by atoms with Crippen LogP contribution in [0.2, 0.25) is 5.15 Å². The van der Waals surface area contributed by atoms with Crippen LogP contribution < -0.4 is 5.32 Å². The highest BCUT2D eigenvalue weighted by Crippen LogP contribution is 2.11. The van der Waals surface area contributed by atoms with Crippen LogP contribution >= 0.6 is 11.6 Å². The van der Waals surface area contributed by atoms with Gasteiger partial charge in [0.05, 0.1) is 16.6 Å². The smallest absolute Gasteiger partial charge is 0.252 e. The molecule has 112 valence electrons. The summed E-state index contributed by atoms with van der Waals surface area (Å²) in [6.45, 7) is 0.582. The van der Waals surface area contributed by atoms with Crippen LogP contribution in [0.5, 0.6) is 0 Å².